The van der Waals surface area contributed by atoms with Gasteiger partial charge in [-0.3, -0.25) is 10.1 Å². The van der Waals surface area contributed by atoms with E-state index in [4.69, 9.17) is 4.42 Å². The number of hydrogen-bond donors (Lipinski definition) is 2. The minimum Gasteiger partial charge on any atom is -0.446 e. The van der Waals surface area contributed by atoms with Gasteiger partial charge < -0.3 is 9.73 Å². The monoisotopic (exact) mass is 208 g/mol. The molecule has 0 atom stereocenters. The molecule has 2 N–H and O–H groups in total. The lowest BCUT2D eigenvalue weighted by atomic mass is 9.97. The summed E-state index contributed by atoms with van der Waals surface area (Å²) in [6.07, 6.45) is 1.82. The van der Waals surface area contributed by atoms with Crippen molar-refractivity contribution in [3.63, 3.8) is 0 Å². The molecule has 0 spiro atoms. The highest BCUT2D eigenvalue weighted by Crippen LogP contribution is 2.17. The maximum absolute atomic E-state index is 11.8. The summed E-state index contributed by atoms with van der Waals surface area (Å²) < 4.78 is 5.30. The van der Waals surface area contributed by atoms with Crippen molar-refractivity contribution < 1.29 is 9.21 Å². The number of furan rings is 1. The van der Waals surface area contributed by atoms with E-state index in [0.717, 1.165) is 31.7 Å². The Hall–Kier alpha value is -1.29. The molecule has 1 fully saturated rings. The van der Waals surface area contributed by atoms with Crippen LogP contribution in [0.1, 0.15) is 18.6 Å². The Morgan fingerprint density at radius 1 is 1.47 bits per heavy atom. The van der Waals surface area contributed by atoms with Crippen molar-refractivity contribution in [2.45, 2.75) is 19.8 Å². The first-order valence-electron chi connectivity index (χ1n) is 5.34. The van der Waals surface area contributed by atoms with Crippen molar-refractivity contribution in [1.82, 2.24) is 5.32 Å². The molecule has 1 aliphatic rings. The van der Waals surface area contributed by atoms with Gasteiger partial charge in [0.05, 0.1) is 0 Å². The Kier molecular flexibility index (Phi) is 3.06. The number of piperidine rings is 1. The van der Waals surface area contributed by atoms with E-state index in [9.17, 15) is 4.79 Å². The summed E-state index contributed by atoms with van der Waals surface area (Å²) in [4.78, 5) is 11.8. The predicted molar refractivity (Wildman–Crippen MR) is 57.7 cm³/mol. The fourth-order valence-electron chi connectivity index (χ4n) is 1.81. The molecule has 4 heteroatoms. The van der Waals surface area contributed by atoms with Gasteiger partial charge >= 0.3 is 0 Å². The summed E-state index contributed by atoms with van der Waals surface area (Å²) in [6.45, 7) is 3.71. The van der Waals surface area contributed by atoms with Crippen molar-refractivity contribution in [3.8, 4) is 0 Å². The maximum atomic E-state index is 11.8. The minimum atomic E-state index is 0.0749. The zero-order valence-corrected chi connectivity index (χ0v) is 8.88. The number of hydrogen-bond acceptors (Lipinski definition) is 3. The average molecular weight is 208 g/mol. The molecular formula is C11H16N2O2. The topological polar surface area (TPSA) is 54.3 Å². The van der Waals surface area contributed by atoms with Gasteiger partial charge in [-0.1, -0.05) is 0 Å². The van der Waals surface area contributed by atoms with Crippen LogP contribution in [0.4, 0.5) is 5.88 Å². The van der Waals surface area contributed by atoms with E-state index >= 15 is 0 Å². The standard InChI is InChI=1S/C11H16N2O2/c1-8-2-3-10(15-8)13-11(14)9-4-6-12-7-5-9/h2-3,9,12H,4-7H2,1H3,(H,13,14). The fraction of sp³-hybridized carbons (Fsp3) is 0.545. The number of anilines is 1. The van der Waals surface area contributed by atoms with E-state index in [2.05, 4.69) is 10.6 Å². The van der Waals surface area contributed by atoms with Crippen LogP contribution >= 0.6 is 0 Å². The second-order valence-electron chi connectivity index (χ2n) is 3.92. The molecular weight excluding hydrogens is 192 g/mol. The SMILES string of the molecule is Cc1ccc(NC(=O)C2CCNCC2)o1. The fourth-order valence-corrected chi connectivity index (χ4v) is 1.81. The molecule has 1 saturated heterocycles. The quantitative estimate of drug-likeness (QED) is 0.775. The van der Waals surface area contributed by atoms with Crippen LogP contribution in [-0.4, -0.2) is 19.0 Å². The largest absolute Gasteiger partial charge is 0.446 e. The summed E-state index contributed by atoms with van der Waals surface area (Å²) in [6, 6.07) is 3.63. The first-order chi connectivity index (χ1) is 7.25. The number of aryl methyl sites for hydroxylation is 1. The minimum absolute atomic E-state index is 0.0749. The second kappa shape index (κ2) is 4.49. The van der Waals surface area contributed by atoms with E-state index in [1.807, 2.05) is 13.0 Å². The molecule has 1 amide bonds. The van der Waals surface area contributed by atoms with Gasteiger partial charge in [0.2, 0.25) is 5.91 Å². The van der Waals surface area contributed by atoms with Gasteiger partial charge in [0, 0.05) is 12.0 Å². The first kappa shape index (κ1) is 10.2. The molecule has 15 heavy (non-hydrogen) atoms. The molecule has 0 unspecified atom stereocenters. The van der Waals surface area contributed by atoms with Crippen LogP contribution in [0.5, 0.6) is 0 Å². The van der Waals surface area contributed by atoms with Gasteiger partial charge in [-0.2, -0.15) is 0 Å². The van der Waals surface area contributed by atoms with Crippen LogP contribution in [0, 0.1) is 12.8 Å². The van der Waals surface area contributed by atoms with Gasteiger partial charge in [0.25, 0.3) is 0 Å². The van der Waals surface area contributed by atoms with Gasteiger partial charge in [-0.05, 0) is 38.9 Å². The van der Waals surface area contributed by atoms with Crippen molar-refractivity contribution in [3.05, 3.63) is 17.9 Å². The lowest BCUT2D eigenvalue weighted by Gasteiger charge is -2.21. The molecule has 1 aromatic rings. The van der Waals surface area contributed by atoms with Crippen molar-refractivity contribution in [2.24, 2.45) is 5.92 Å². The number of carbonyl (C=O) groups excluding carboxylic acids is 1. The summed E-state index contributed by atoms with van der Waals surface area (Å²) in [5, 5.41) is 6.03. The highest BCUT2D eigenvalue weighted by Gasteiger charge is 2.21. The summed E-state index contributed by atoms with van der Waals surface area (Å²) in [5.41, 5.74) is 0. The van der Waals surface area contributed by atoms with E-state index in [-0.39, 0.29) is 11.8 Å². The Labute approximate surface area is 89.0 Å². The number of rotatable bonds is 2. The summed E-state index contributed by atoms with van der Waals surface area (Å²) >= 11 is 0. The summed E-state index contributed by atoms with van der Waals surface area (Å²) in [7, 11) is 0. The predicted octanol–water partition coefficient (Wildman–Crippen LogP) is 1.53. The zero-order valence-electron chi connectivity index (χ0n) is 8.88. The van der Waals surface area contributed by atoms with Crippen LogP contribution in [0.3, 0.4) is 0 Å². The number of amides is 1. The Morgan fingerprint density at radius 3 is 2.80 bits per heavy atom. The van der Waals surface area contributed by atoms with Crippen LogP contribution in [0.15, 0.2) is 16.5 Å². The lowest BCUT2D eigenvalue weighted by Crippen LogP contribution is -2.34. The lowest BCUT2D eigenvalue weighted by molar-refractivity contribution is -0.120. The molecule has 2 rings (SSSR count). The van der Waals surface area contributed by atoms with Crippen molar-refractivity contribution >= 4 is 11.8 Å². The van der Waals surface area contributed by atoms with E-state index in [0.29, 0.717) is 5.88 Å². The normalized spacial score (nSPS) is 17.7. The van der Waals surface area contributed by atoms with Gasteiger partial charge in [0.1, 0.15) is 5.76 Å². The molecule has 1 aromatic heterocycles. The second-order valence-corrected chi connectivity index (χ2v) is 3.92. The molecule has 0 radical (unpaired) electrons. The number of carbonyl (C=O) groups is 1. The molecule has 82 valence electrons. The molecule has 0 saturated carbocycles. The maximum Gasteiger partial charge on any atom is 0.229 e. The highest BCUT2D eigenvalue weighted by molar-refractivity contribution is 5.91. The van der Waals surface area contributed by atoms with Gasteiger partial charge in [0.15, 0.2) is 5.88 Å². The Bertz CT molecular complexity index is 340. The van der Waals surface area contributed by atoms with Crippen LogP contribution in [0.2, 0.25) is 0 Å². The van der Waals surface area contributed by atoms with Crippen LogP contribution in [-0.2, 0) is 4.79 Å². The average Bonchev–Trinajstić information content (AvgIpc) is 2.65. The molecule has 0 bridgehead atoms. The van der Waals surface area contributed by atoms with Crippen LogP contribution < -0.4 is 10.6 Å². The third-order valence-corrected chi connectivity index (χ3v) is 2.70. The van der Waals surface area contributed by atoms with Crippen LogP contribution in [0.25, 0.3) is 0 Å². The molecule has 4 nitrogen and oxygen atoms in total. The molecule has 2 heterocycles. The third-order valence-electron chi connectivity index (χ3n) is 2.70. The van der Waals surface area contributed by atoms with E-state index < -0.39 is 0 Å². The van der Waals surface area contributed by atoms with Gasteiger partial charge in [-0.25, -0.2) is 0 Å². The van der Waals surface area contributed by atoms with Gasteiger partial charge in [-0.15, -0.1) is 0 Å². The summed E-state index contributed by atoms with van der Waals surface area (Å²) in [5.74, 6) is 1.56. The zero-order chi connectivity index (χ0) is 10.7. The smallest absolute Gasteiger partial charge is 0.229 e. The molecule has 1 aliphatic heterocycles. The third kappa shape index (κ3) is 2.59. The Balaban J connectivity index is 1.91. The van der Waals surface area contributed by atoms with Crippen molar-refractivity contribution in [2.75, 3.05) is 18.4 Å². The highest BCUT2D eigenvalue weighted by atomic mass is 16.4. The first-order valence-corrected chi connectivity index (χ1v) is 5.34. The van der Waals surface area contributed by atoms with E-state index in [1.165, 1.54) is 0 Å². The van der Waals surface area contributed by atoms with E-state index in [1.54, 1.807) is 6.07 Å². The molecule has 0 aromatic carbocycles. The van der Waals surface area contributed by atoms with Crippen molar-refractivity contribution in [1.29, 1.82) is 0 Å². The molecule has 0 aliphatic carbocycles. The number of nitrogens with one attached hydrogen (secondary N) is 2. The Morgan fingerprint density at radius 2 is 2.20 bits per heavy atom.